The molecule has 8 aromatic rings. The topological polar surface area (TPSA) is 3.24 Å². The van der Waals surface area contributed by atoms with E-state index in [0.717, 1.165) is 50.0 Å². The number of rotatable bonds is 7. The normalized spacial score (nSPS) is 12.2. The van der Waals surface area contributed by atoms with Gasteiger partial charge in [0.25, 0.3) is 0 Å². The number of fused-ring (bicyclic) bond motifs is 1. The van der Waals surface area contributed by atoms with Gasteiger partial charge in [-0.15, -0.1) is 0 Å². The Balaban J connectivity index is 1.27. The summed E-state index contributed by atoms with van der Waals surface area (Å²) in [6, 6.07) is 58.3. The van der Waals surface area contributed by atoms with Gasteiger partial charge >= 0.3 is 0 Å². The molecule has 1 nitrogen and oxygen atoms in total. The summed E-state index contributed by atoms with van der Waals surface area (Å²) < 4.78 is 36.8. The van der Waals surface area contributed by atoms with Gasteiger partial charge in [0, 0.05) is 17.1 Å². The highest BCUT2D eigenvalue weighted by atomic mass is 15.1. The van der Waals surface area contributed by atoms with Gasteiger partial charge in [0.15, 0.2) is 0 Å². The van der Waals surface area contributed by atoms with E-state index in [0.29, 0.717) is 5.56 Å². The predicted octanol–water partition coefficient (Wildman–Crippen LogP) is 13.0. The molecule has 0 aliphatic carbocycles. The van der Waals surface area contributed by atoms with Crippen LogP contribution in [0, 0.1) is 0 Å². The molecule has 0 spiro atoms. The summed E-state index contributed by atoms with van der Waals surface area (Å²) in [4.78, 5) is 1.85. The molecule has 1 heteroatoms. The van der Waals surface area contributed by atoms with Crippen molar-refractivity contribution in [2.75, 3.05) is 4.90 Å². The summed E-state index contributed by atoms with van der Waals surface area (Å²) in [6.45, 7) is 0. The van der Waals surface area contributed by atoms with Gasteiger partial charge in [-0.2, -0.15) is 0 Å². The highest BCUT2D eigenvalue weighted by molar-refractivity contribution is 5.97. The van der Waals surface area contributed by atoms with Crippen LogP contribution in [-0.4, -0.2) is 0 Å². The monoisotopic (exact) mass is 603 g/mol. The number of anilines is 3. The fourth-order valence-corrected chi connectivity index (χ4v) is 6.15. The Morgan fingerprint density at radius 2 is 0.809 bits per heavy atom. The van der Waals surface area contributed by atoms with Gasteiger partial charge in [-0.05, 0) is 91.6 Å². The smallest absolute Gasteiger partial charge is 0.0645 e. The zero-order chi connectivity index (χ0) is 34.9. The molecule has 0 aliphatic rings. The molecule has 8 rings (SSSR count). The Morgan fingerprint density at radius 3 is 1.47 bits per heavy atom. The van der Waals surface area contributed by atoms with Crippen LogP contribution in [0.15, 0.2) is 200 Å². The summed E-state index contributed by atoms with van der Waals surface area (Å²) in [5, 5.41) is 2.27. The molecule has 0 saturated heterocycles. The fourth-order valence-electron chi connectivity index (χ4n) is 6.15. The summed E-state index contributed by atoms with van der Waals surface area (Å²) in [5.74, 6) is 0. The van der Waals surface area contributed by atoms with Crippen molar-refractivity contribution < 1.29 is 5.48 Å². The highest BCUT2D eigenvalue weighted by Crippen LogP contribution is 2.39. The first-order valence-corrected chi connectivity index (χ1v) is 15.8. The SMILES string of the molecule is [2H]c1c([2H])c(N(c2ccc(-c3ccc(-c4ccccc4)cc3)cc2)c2cccc(-c3cccc4ccccc34)c2)c([2H])c([2H])c1-c1ccccc1. The van der Waals surface area contributed by atoms with E-state index >= 15 is 0 Å². The van der Waals surface area contributed by atoms with Gasteiger partial charge in [-0.3, -0.25) is 0 Å². The van der Waals surface area contributed by atoms with Crippen LogP contribution in [0.4, 0.5) is 17.1 Å². The van der Waals surface area contributed by atoms with Crippen molar-refractivity contribution in [1.82, 2.24) is 0 Å². The van der Waals surface area contributed by atoms with E-state index in [9.17, 15) is 2.74 Å². The number of hydrogen-bond acceptors (Lipinski definition) is 1. The second kappa shape index (κ2) is 12.7. The van der Waals surface area contributed by atoms with Crippen LogP contribution in [0.2, 0.25) is 0 Å². The average molecular weight is 604 g/mol. The molecular weight excluding hydrogens is 567 g/mol. The third kappa shape index (κ3) is 5.83. The first kappa shape index (κ1) is 24.1. The third-order valence-electron chi connectivity index (χ3n) is 8.55. The molecule has 0 fully saturated rings. The number of nitrogens with zero attached hydrogens (tertiary/aromatic N) is 1. The van der Waals surface area contributed by atoms with Crippen LogP contribution < -0.4 is 4.90 Å². The van der Waals surface area contributed by atoms with Crippen molar-refractivity contribution in [1.29, 1.82) is 0 Å². The summed E-state index contributed by atoms with van der Waals surface area (Å²) in [7, 11) is 0. The van der Waals surface area contributed by atoms with Gasteiger partial charge in [0.2, 0.25) is 0 Å². The summed E-state index contributed by atoms with van der Waals surface area (Å²) in [5.41, 5.74) is 9.06. The quantitative estimate of drug-likeness (QED) is 0.175. The average Bonchev–Trinajstić information content (AvgIpc) is 3.19. The fraction of sp³-hybridized carbons (Fsp3) is 0. The molecule has 0 atom stereocenters. The van der Waals surface area contributed by atoms with Crippen LogP contribution in [0.3, 0.4) is 0 Å². The van der Waals surface area contributed by atoms with E-state index in [1.54, 1.807) is 0 Å². The molecule has 0 aliphatic heterocycles. The minimum Gasteiger partial charge on any atom is -0.310 e. The van der Waals surface area contributed by atoms with Crippen molar-refractivity contribution in [3.63, 3.8) is 0 Å². The zero-order valence-electron chi connectivity index (χ0n) is 29.7. The molecule has 0 radical (unpaired) electrons. The molecule has 0 saturated carbocycles. The highest BCUT2D eigenvalue weighted by Gasteiger charge is 2.15. The molecule has 0 unspecified atom stereocenters. The maximum Gasteiger partial charge on any atom is 0.0645 e. The third-order valence-corrected chi connectivity index (χ3v) is 8.55. The van der Waals surface area contributed by atoms with Crippen LogP contribution >= 0.6 is 0 Å². The summed E-state index contributed by atoms with van der Waals surface area (Å²) >= 11 is 0. The zero-order valence-corrected chi connectivity index (χ0v) is 25.7. The van der Waals surface area contributed by atoms with E-state index in [1.807, 2.05) is 102 Å². The molecule has 0 heterocycles. The van der Waals surface area contributed by atoms with Crippen molar-refractivity contribution in [2.24, 2.45) is 0 Å². The first-order chi connectivity index (χ1) is 25.0. The molecule has 0 bridgehead atoms. The molecule has 47 heavy (non-hydrogen) atoms. The second-order valence-corrected chi connectivity index (χ2v) is 11.5. The Labute approximate surface area is 282 Å². The maximum atomic E-state index is 9.31. The predicted molar refractivity (Wildman–Crippen MR) is 200 cm³/mol. The van der Waals surface area contributed by atoms with Crippen LogP contribution in [0.25, 0.3) is 55.3 Å². The summed E-state index contributed by atoms with van der Waals surface area (Å²) in [6.07, 6.45) is 0. The molecule has 8 aromatic carbocycles. The number of benzene rings is 8. The number of hydrogen-bond donors (Lipinski definition) is 0. The van der Waals surface area contributed by atoms with E-state index in [2.05, 4.69) is 78.9 Å². The maximum absolute atomic E-state index is 9.31. The first-order valence-electron chi connectivity index (χ1n) is 17.8. The van der Waals surface area contributed by atoms with E-state index in [1.165, 1.54) is 5.56 Å². The van der Waals surface area contributed by atoms with Gasteiger partial charge in [0.1, 0.15) is 0 Å². The standard InChI is InChI=1S/C46H33N/c1-3-11-34(12-4-1)36-21-23-37(24-22-36)39-27-31-43(32-28-39)47(42-29-25-38(26-30-42)35-13-5-2-6-14-35)44-18-9-17-41(33-44)46-20-10-16-40-15-7-8-19-45(40)46/h1-33H/i25D,26D,29D,30D. The van der Waals surface area contributed by atoms with Crippen molar-refractivity contribution >= 4 is 27.8 Å². The lowest BCUT2D eigenvalue weighted by Crippen LogP contribution is -2.10. The van der Waals surface area contributed by atoms with Gasteiger partial charge in [0.05, 0.1) is 5.48 Å². The lowest BCUT2D eigenvalue weighted by Gasteiger charge is -2.26. The Bertz CT molecular complexity index is 2460. The van der Waals surface area contributed by atoms with Gasteiger partial charge in [-0.25, -0.2) is 0 Å². The molecular formula is C46H33N. The van der Waals surface area contributed by atoms with E-state index < -0.39 is 0 Å². The van der Waals surface area contributed by atoms with Crippen molar-refractivity contribution in [3.8, 4) is 44.5 Å². The minimum absolute atomic E-state index is 0.0810. The lowest BCUT2D eigenvalue weighted by atomic mass is 9.97. The van der Waals surface area contributed by atoms with E-state index in [-0.39, 0.29) is 35.4 Å². The molecule has 0 N–H and O–H groups in total. The van der Waals surface area contributed by atoms with E-state index in [4.69, 9.17) is 2.74 Å². The molecule has 0 aromatic heterocycles. The Hall–Kier alpha value is -6.18. The molecule has 222 valence electrons. The lowest BCUT2D eigenvalue weighted by molar-refractivity contribution is 1.28. The van der Waals surface area contributed by atoms with Crippen molar-refractivity contribution in [3.05, 3.63) is 200 Å². The van der Waals surface area contributed by atoms with Crippen LogP contribution in [0.5, 0.6) is 0 Å². The van der Waals surface area contributed by atoms with Crippen molar-refractivity contribution in [2.45, 2.75) is 0 Å². The van der Waals surface area contributed by atoms with Gasteiger partial charge < -0.3 is 4.90 Å². The van der Waals surface area contributed by atoms with Crippen LogP contribution in [-0.2, 0) is 0 Å². The second-order valence-electron chi connectivity index (χ2n) is 11.5. The Kier molecular flexibility index (Phi) is 6.50. The minimum atomic E-state index is -0.106. The largest absolute Gasteiger partial charge is 0.310 e. The Morgan fingerprint density at radius 1 is 0.319 bits per heavy atom. The molecule has 0 amide bonds. The van der Waals surface area contributed by atoms with Crippen LogP contribution in [0.1, 0.15) is 5.48 Å². The van der Waals surface area contributed by atoms with Gasteiger partial charge in [-0.1, -0.05) is 164 Å².